The molecule has 1 aliphatic heterocycles. The van der Waals surface area contributed by atoms with Crippen LogP contribution in [0.2, 0.25) is 0 Å². The Hall–Kier alpha value is -3.52. The minimum Gasteiger partial charge on any atom is -0.497 e. The molecule has 1 heterocycles. The van der Waals surface area contributed by atoms with Crippen LogP contribution in [0.1, 0.15) is 11.1 Å². The molecule has 0 aromatic heterocycles. The quantitative estimate of drug-likeness (QED) is 0.533. The minimum atomic E-state index is -4.04. The highest BCUT2D eigenvalue weighted by atomic mass is 32.2. The van der Waals surface area contributed by atoms with Crippen LogP contribution in [-0.4, -0.2) is 46.5 Å². The lowest BCUT2D eigenvalue weighted by Gasteiger charge is -2.32. The Bertz CT molecular complexity index is 1240. The van der Waals surface area contributed by atoms with E-state index >= 15 is 0 Å². The molecule has 3 aromatic rings. The van der Waals surface area contributed by atoms with Crippen molar-refractivity contribution in [3.05, 3.63) is 83.9 Å². The number of carbonyl (C=O) groups excluding carboxylic acids is 1. The molecule has 1 amide bonds. The topological polar surface area (TPSA) is 76.2 Å². The van der Waals surface area contributed by atoms with Crippen LogP contribution < -0.4 is 13.8 Å². The van der Waals surface area contributed by atoms with Gasteiger partial charge in [0, 0.05) is 19.2 Å². The minimum absolute atomic E-state index is 0.0969. The Balaban J connectivity index is 1.70. The maximum atomic E-state index is 13.6. The van der Waals surface area contributed by atoms with Crippen molar-refractivity contribution in [2.24, 2.45) is 0 Å². The molecule has 172 valence electrons. The summed E-state index contributed by atoms with van der Waals surface area (Å²) >= 11 is 0. The average molecular weight is 467 g/mol. The Morgan fingerprint density at radius 1 is 0.939 bits per heavy atom. The molecule has 8 heteroatoms. The molecule has 0 spiro atoms. The third-order valence-corrected chi connectivity index (χ3v) is 7.52. The third kappa shape index (κ3) is 4.66. The van der Waals surface area contributed by atoms with Crippen molar-refractivity contribution in [3.8, 4) is 11.5 Å². The summed E-state index contributed by atoms with van der Waals surface area (Å²) < 4.78 is 39.1. The second-order valence-electron chi connectivity index (χ2n) is 7.70. The molecular weight excluding hydrogens is 440 g/mol. The number of fused-ring (bicyclic) bond motifs is 1. The molecule has 0 bridgehead atoms. The van der Waals surface area contributed by atoms with E-state index in [1.807, 2.05) is 18.2 Å². The highest BCUT2D eigenvalue weighted by molar-refractivity contribution is 7.92. The molecule has 7 nitrogen and oxygen atoms in total. The Morgan fingerprint density at radius 2 is 1.64 bits per heavy atom. The van der Waals surface area contributed by atoms with E-state index in [-0.39, 0.29) is 23.0 Å². The molecule has 0 saturated carbocycles. The van der Waals surface area contributed by atoms with E-state index in [2.05, 4.69) is 6.07 Å². The zero-order valence-electron chi connectivity index (χ0n) is 18.6. The van der Waals surface area contributed by atoms with Gasteiger partial charge in [0.1, 0.15) is 18.0 Å². The molecular formula is C25H26N2O5S. The summed E-state index contributed by atoms with van der Waals surface area (Å²) in [4.78, 5) is 15.1. The van der Waals surface area contributed by atoms with Gasteiger partial charge in [-0.2, -0.15) is 0 Å². The van der Waals surface area contributed by atoms with Crippen LogP contribution in [0.4, 0.5) is 5.69 Å². The number of ether oxygens (including phenoxy) is 2. The molecule has 1 aliphatic rings. The summed E-state index contributed by atoms with van der Waals surface area (Å²) in [6.07, 6.45) is 0.735. The number of hydrogen-bond acceptors (Lipinski definition) is 5. The van der Waals surface area contributed by atoms with Gasteiger partial charge in [-0.15, -0.1) is 0 Å². The fourth-order valence-electron chi connectivity index (χ4n) is 3.94. The predicted octanol–water partition coefficient (Wildman–Crippen LogP) is 3.48. The first-order valence-electron chi connectivity index (χ1n) is 10.6. The van der Waals surface area contributed by atoms with Gasteiger partial charge >= 0.3 is 0 Å². The summed E-state index contributed by atoms with van der Waals surface area (Å²) in [7, 11) is -1.06. The number of methoxy groups -OCH3 is 2. The van der Waals surface area contributed by atoms with Crippen molar-refractivity contribution < 1.29 is 22.7 Å². The number of nitrogens with zero attached hydrogens (tertiary/aromatic N) is 2. The number of sulfonamides is 1. The third-order valence-electron chi connectivity index (χ3n) is 5.75. The van der Waals surface area contributed by atoms with E-state index in [1.54, 1.807) is 41.3 Å². The van der Waals surface area contributed by atoms with Crippen LogP contribution in [0, 0.1) is 0 Å². The Labute approximate surface area is 194 Å². The average Bonchev–Trinajstić information content (AvgIpc) is 2.86. The second-order valence-corrected chi connectivity index (χ2v) is 9.56. The molecule has 0 fully saturated rings. The van der Waals surface area contributed by atoms with Gasteiger partial charge in [-0.05, 0) is 41.8 Å². The lowest BCUT2D eigenvalue weighted by Crippen LogP contribution is -2.44. The smallest absolute Gasteiger partial charge is 0.264 e. The Morgan fingerprint density at radius 3 is 2.33 bits per heavy atom. The van der Waals surface area contributed by atoms with E-state index in [1.165, 1.54) is 31.9 Å². The van der Waals surface area contributed by atoms with E-state index in [0.717, 1.165) is 16.3 Å². The van der Waals surface area contributed by atoms with Gasteiger partial charge in [-0.3, -0.25) is 9.10 Å². The monoisotopic (exact) mass is 466 g/mol. The van der Waals surface area contributed by atoms with Crippen LogP contribution in [-0.2, 0) is 27.8 Å². The first-order chi connectivity index (χ1) is 15.9. The summed E-state index contributed by atoms with van der Waals surface area (Å²) in [6.45, 7) is 0.644. The van der Waals surface area contributed by atoms with Crippen LogP contribution >= 0.6 is 0 Å². The molecule has 3 aromatic carbocycles. The molecule has 0 atom stereocenters. The number of rotatable bonds is 7. The van der Waals surface area contributed by atoms with E-state index in [0.29, 0.717) is 24.6 Å². The van der Waals surface area contributed by atoms with Crippen molar-refractivity contribution in [1.29, 1.82) is 0 Å². The number of benzene rings is 3. The molecule has 4 rings (SSSR count). The predicted molar refractivity (Wildman–Crippen MR) is 126 cm³/mol. The van der Waals surface area contributed by atoms with E-state index < -0.39 is 10.0 Å². The van der Waals surface area contributed by atoms with Crippen molar-refractivity contribution >= 4 is 21.6 Å². The van der Waals surface area contributed by atoms with Crippen LogP contribution in [0.25, 0.3) is 0 Å². The van der Waals surface area contributed by atoms with Crippen molar-refractivity contribution in [2.75, 3.05) is 31.6 Å². The summed E-state index contributed by atoms with van der Waals surface area (Å²) in [5.74, 6) is 0.541. The fourth-order valence-corrected chi connectivity index (χ4v) is 5.39. The molecule has 0 aliphatic carbocycles. The first-order valence-corrected chi connectivity index (χ1v) is 12.0. The zero-order chi connectivity index (χ0) is 23.4. The SMILES string of the molecule is COc1ccc(N(CC(=O)N2CCc3ccccc3C2)S(=O)(=O)c2ccccc2)c(OC)c1. The second kappa shape index (κ2) is 9.54. The highest BCUT2D eigenvalue weighted by Crippen LogP contribution is 2.35. The summed E-state index contributed by atoms with van der Waals surface area (Å²) in [5.41, 5.74) is 2.57. The highest BCUT2D eigenvalue weighted by Gasteiger charge is 2.32. The maximum absolute atomic E-state index is 13.6. The first kappa shape index (κ1) is 22.7. The number of amides is 1. The van der Waals surface area contributed by atoms with E-state index in [4.69, 9.17) is 9.47 Å². The molecule has 0 radical (unpaired) electrons. The van der Waals surface area contributed by atoms with Gasteiger partial charge in [0.2, 0.25) is 5.91 Å². The fraction of sp³-hybridized carbons (Fsp3) is 0.240. The molecule has 0 unspecified atom stereocenters. The normalized spacial score (nSPS) is 13.2. The number of carbonyl (C=O) groups is 1. The van der Waals surface area contributed by atoms with Crippen molar-refractivity contribution in [1.82, 2.24) is 4.90 Å². The van der Waals surface area contributed by atoms with E-state index in [9.17, 15) is 13.2 Å². The van der Waals surface area contributed by atoms with Crippen molar-refractivity contribution in [2.45, 2.75) is 17.9 Å². The van der Waals surface area contributed by atoms with Gasteiger partial charge in [-0.1, -0.05) is 42.5 Å². The molecule has 0 saturated heterocycles. The van der Waals surface area contributed by atoms with Crippen LogP contribution in [0.3, 0.4) is 0 Å². The maximum Gasteiger partial charge on any atom is 0.264 e. The molecule has 33 heavy (non-hydrogen) atoms. The van der Waals surface area contributed by atoms with Crippen molar-refractivity contribution in [3.63, 3.8) is 0 Å². The lowest BCUT2D eigenvalue weighted by atomic mass is 10.00. The number of anilines is 1. The van der Waals surface area contributed by atoms with Gasteiger partial charge in [0.15, 0.2) is 0 Å². The largest absolute Gasteiger partial charge is 0.497 e. The standard InChI is InChI=1S/C25H26N2O5S/c1-31-21-12-13-23(24(16-21)32-2)27(33(29,30)22-10-4-3-5-11-22)18-25(28)26-15-14-19-8-6-7-9-20(19)17-26/h3-13,16H,14-15,17-18H2,1-2H3. The van der Waals surface area contributed by atoms with Gasteiger partial charge in [-0.25, -0.2) is 8.42 Å². The Kier molecular flexibility index (Phi) is 6.55. The summed E-state index contributed by atoms with van der Waals surface area (Å²) in [6, 6.07) is 20.9. The van der Waals surface area contributed by atoms with Crippen LogP contribution in [0.5, 0.6) is 11.5 Å². The number of hydrogen-bond donors (Lipinski definition) is 0. The zero-order valence-corrected chi connectivity index (χ0v) is 19.4. The molecule has 0 N–H and O–H groups in total. The van der Waals surface area contributed by atoms with Gasteiger partial charge < -0.3 is 14.4 Å². The lowest BCUT2D eigenvalue weighted by molar-refractivity contribution is -0.130. The van der Waals surface area contributed by atoms with Gasteiger partial charge in [0.05, 0.1) is 24.8 Å². The summed E-state index contributed by atoms with van der Waals surface area (Å²) in [5, 5.41) is 0. The van der Waals surface area contributed by atoms with Gasteiger partial charge in [0.25, 0.3) is 10.0 Å². The van der Waals surface area contributed by atoms with Crippen LogP contribution in [0.15, 0.2) is 77.7 Å².